The number of carbonyl (C=O) groups is 1. The number of benzene rings is 1. The van der Waals surface area contributed by atoms with Gasteiger partial charge in [0.25, 0.3) is 0 Å². The lowest BCUT2D eigenvalue weighted by atomic mass is 10.2. The molecule has 1 heterocycles. The van der Waals surface area contributed by atoms with E-state index in [1.54, 1.807) is 18.2 Å². The predicted octanol–water partition coefficient (Wildman–Crippen LogP) is 4.71. The van der Waals surface area contributed by atoms with Gasteiger partial charge < -0.3 is 10.4 Å². The van der Waals surface area contributed by atoms with Crippen molar-refractivity contribution in [1.29, 1.82) is 0 Å². The minimum absolute atomic E-state index is 0.587. The van der Waals surface area contributed by atoms with Gasteiger partial charge in [-0.15, -0.1) is 11.3 Å². The SMILES string of the molecule is Cc1ccc(C(Nc2ccc(Cl)c(Br)c2)C(=O)O)s1. The fourth-order valence-electron chi connectivity index (χ4n) is 1.62. The molecule has 0 radical (unpaired) electrons. The second-order valence-corrected chi connectivity index (χ2v) is 6.57. The molecule has 1 unspecified atom stereocenters. The van der Waals surface area contributed by atoms with Gasteiger partial charge in [-0.3, -0.25) is 0 Å². The molecular formula is C13H11BrClNO2S. The van der Waals surface area contributed by atoms with Gasteiger partial charge in [0, 0.05) is 19.9 Å². The van der Waals surface area contributed by atoms with Crippen molar-refractivity contribution in [3.05, 3.63) is 49.6 Å². The molecule has 3 nitrogen and oxygen atoms in total. The number of halogens is 2. The van der Waals surface area contributed by atoms with Gasteiger partial charge in [0.05, 0.1) is 5.02 Å². The van der Waals surface area contributed by atoms with Crippen LogP contribution in [-0.4, -0.2) is 11.1 Å². The Labute approximate surface area is 128 Å². The number of thiophene rings is 1. The van der Waals surface area contributed by atoms with E-state index in [2.05, 4.69) is 21.2 Å². The lowest BCUT2D eigenvalue weighted by Crippen LogP contribution is -2.19. The normalized spacial score (nSPS) is 12.2. The first-order chi connectivity index (χ1) is 8.97. The highest BCUT2D eigenvalue weighted by atomic mass is 79.9. The fourth-order valence-corrected chi connectivity index (χ4v) is 3.03. The third-order valence-corrected chi connectivity index (χ3v) is 4.80. The van der Waals surface area contributed by atoms with Gasteiger partial charge in [0.1, 0.15) is 0 Å². The van der Waals surface area contributed by atoms with Crippen LogP contribution < -0.4 is 5.32 Å². The number of aliphatic carboxylic acids is 1. The van der Waals surface area contributed by atoms with Crippen molar-refractivity contribution >= 4 is 50.5 Å². The van der Waals surface area contributed by atoms with E-state index in [1.807, 2.05) is 19.1 Å². The Kier molecular flexibility index (Phi) is 4.50. The van der Waals surface area contributed by atoms with E-state index < -0.39 is 12.0 Å². The zero-order chi connectivity index (χ0) is 14.0. The standard InChI is InChI=1S/C13H11BrClNO2S/c1-7-2-5-11(19-7)12(13(17)18)16-8-3-4-10(15)9(14)6-8/h2-6,12,16H,1H3,(H,17,18). The van der Waals surface area contributed by atoms with E-state index in [0.717, 1.165) is 14.2 Å². The Bertz CT molecular complexity index is 614. The summed E-state index contributed by atoms with van der Waals surface area (Å²) in [6.07, 6.45) is 0. The van der Waals surface area contributed by atoms with Crippen molar-refractivity contribution in [2.24, 2.45) is 0 Å². The second-order valence-electron chi connectivity index (χ2n) is 3.99. The maximum atomic E-state index is 11.4. The van der Waals surface area contributed by atoms with Crippen molar-refractivity contribution in [3.63, 3.8) is 0 Å². The number of hydrogen-bond donors (Lipinski definition) is 2. The van der Waals surface area contributed by atoms with E-state index in [9.17, 15) is 9.90 Å². The molecular weight excluding hydrogens is 350 g/mol. The molecule has 1 aromatic heterocycles. The topological polar surface area (TPSA) is 49.3 Å². The summed E-state index contributed by atoms with van der Waals surface area (Å²) in [5, 5.41) is 12.9. The first-order valence-corrected chi connectivity index (χ1v) is 7.47. The molecule has 0 aliphatic carbocycles. The average Bonchev–Trinajstić information content (AvgIpc) is 2.76. The summed E-state index contributed by atoms with van der Waals surface area (Å²) in [7, 11) is 0. The van der Waals surface area contributed by atoms with Gasteiger partial charge in [0.2, 0.25) is 0 Å². The van der Waals surface area contributed by atoms with Crippen LogP contribution >= 0.6 is 38.9 Å². The van der Waals surface area contributed by atoms with Gasteiger partial charge >= 0.3 is 5.97 Å². The number of hydrogen-bond acceptors (Lipinski definition) is 3. The Morgan fingerprint density at radius 3 is 2.68 bits per heavy atom. The lowest BCUT2D eigenvalue weighted by molar-refractivity contribution is -0.138. The van der Waals surface area contributed by atoms with E-state index in [4.69, 9.17) is 11.6 Å². The van der Waals surface area contributed by atoms with Crippen LogP contribution in [0.3, 0.4) is 0 Å². The van der Waals surface area contributed by atoms with Crippen LogP contribution in [0.25, 0.3) is 0 Å². The van der Waals surface area contributed by atoms with Crippen LogP contribution in [0.1, 0.15) is 15.8 Å². The number of anilines is 1. The molecule has 2 N–H and O–H groups in total. The average molecular weight is 361 g/mol. The minimum Gasteiger partial charge on any atom is -0.479 e. The summed E-state index contributed by atoms with van der Waals surface area (Å²) in [5.41, 5.74) is 0.703. The molecule has 2 aromatic rings. The molecule has 0 spiro atoms. The number of carboxylic acids is 1. The summed E-state index contributed by atoms with van der Waals surface area (Å²) in [4.78, 5) is 13.2. The third kappa shape index (κ3) is 3.49. The number of rotatable bonds is 4. The third-order valence-electron chi connectivity index (χ3n) is 2.52. The fraction of sp³-hybridized carbons (Fsp3) is 0.154. The maximum Gasteiger partial charge on any atom is 0.331 e. The summed E-state index contributed by atoms with van der Waals surface area (Å²) in [6.45, 7) is 1.95. The molecule has 0 amide bonds. The zero-order valence-electron chi connectivity index (χ0n) is 9.98. The zero-order valence-corrected chi connectivity index (χ0v) is 13.1. The van der Waals surface area contributed by atoms with Crippen LogP contribution in [-0.2, 0) is 4.79 Å². The molecule has 0 fully saturated rings. The summed E-state index contributed by atoms with van der Waals surface area (Å²) < 4.78 is 0.727. The van der Waals surface area contributed by atoms with E-state index in [1.165, 1.54) is 11.3 Å². The highest BCUT2D eigenvalue weighted by molar-refractivity contribution is 9.10. The molecule has 0 aliphatic rings. The monoisotopic (exact) mass is 359 g/mol. The quantitative estimate of drug-likeness (QED) is 0.830. The lowest BCUT2D eigenvalue weighted by Gasteiger charge is -2.14. The van der Waals surface area contributed by atoms with Gasteiger partial charge in [-0.25, -0.2) is 4.79 Å². The van der Waals surface area contributed by atoms with Crippen LogP contribution in [0.4, 0.5) is 5.69 Å². The molecule has 19 heavy (non-hydrogen) atoms. The first kappa shape index (κ1) is 14.4. The number of aryl methyl sites for hydroxylation is 1. The maximum absolute atomic E-state index is 11.4. The molecule has 0 saturated carbocycles. The molecule has 100 valence electrons. The van der Waals surface area contributed by atoms with Gasteiger partial charge in [-0.2, -0.15) is 0 Å². The van der Waals surface area contributed by atoms with Crippen LogP contribution in [0.15, 0.2) is 34.8 Å². The number of nitrogens with one attached hydrogen (secondary N) is 1. The summed E-state index contributed by atoms with van der Waals surface area (Å²) >= 11 is 10.7. The predicted molar refractivity (Wildman–Crippen MR) is 82.2 cm³/mol. The first-order valence-electron chi connectivity index (χ1n) is 5.48. The van der Waals surface area contributed by atoms with Crippen LogP contribution in [0, 0.1) is 6.92 Å². The van der Waals surface area contributed by atoms with Crippen LogP contribution in [0.2, 0.25) is 5.02 Å². The highest BCUT2D eigenvalue weighted by Crippen LogP contribution is 2.30. The number of carboxylic acid groups (broad SMARTS) is 1. The van der Waals surface area contributed by atoms with Gasteiger partial charge in [-0.05, 0) is 53.2 Å². The van der Waals surface area contributed by atoms with Gasteiger partial charge in [0.15, 0.2) is 6.04 Å². The van der Waals surface area contributed by atoms with Crippen molar-refractivity contribution in [1.82, 2.24) is 0 Å². The molecule has 6 heteroatoms. The molecule has 0 aliphatic heterocycles. The highest BCUT2D eigenvalue weighted by Gasteiger charge is 2.21. The largest absolute Gasteiger partial charge is 0.479 e. The Balaban J connectivity index is 2.26. The minimum atomic E-state index is -0.909. The van der Waals surface area contributed by atoms with Crippen molar-refractivity contribution in [2.75, 3.05) is 5.32 Å². The molecule has 2 rings (SSSR count). The molecule has 1 aromatic carbocycles. The summed E-state index contributed by atoms with van der Waals surface area (Å²) in [6, 6.07) is 8.22. The Morgan fingerprint density at radius 2 is 2.16 bits per heavy atom. The van der Waals surface area contributed by atoms with Crippen molar-refractivity contribution in [2.45, 2.75) is 13.0 Å². The van der Waals surface area contributed by atoms with E-state index >= 15 is 0 Å². The summed E-state index contributed by atoms with van der Waals surface area (Å²) in [5.74, 6) is -0.909. The van der Waals surface area contributed by atoms with Gasteiger partial charge in [-0.1, -0.05) is 11.6 Å². The Morgan fingerprint density at radius 1 is 1.42 bits per heavy atom. The van der Waals surface area contributed by atoms with Crippen molar-refractivity contribution < 1.29 is 9.90 Å². The Hall–Kier alpha value is -1.04. The van der Waals surface area contributed by atoms with Crippen molar-refractivity contribution in [3.8, 4) is 0 Å². The second kappa shape index (κ2) is 5.94. The molecule has 0 saturated heterocycles. The van der Waals surface area contributed by atoms with Crippen LogP contribution in [0.5, 0.6) is 0 Å². The van der Waals surface area contributed by atoms with E-state index in [0.29, 0.717) is 10.7 Å². The smallest absolute Gasteiger partial charge is 0.331 e. The van der Waals surface area contributed by atoms with E-state index in [-0.39, 0.29) is 0 Å². The molecule has 0 bridgehead atoms. The molecule has 1 atom stereocenters.